The molecule has 33 heavy (non-hydrogen) atoms. The highest BCUT2D eigenvalue weighted by molar-refractivity contribution is 5.57. The van der Waals surface area contributed by atoms with Gasteiger partial charge in [-0.15, -0.1) is 0 Å². The third kappa shape index (κ3) is 4.28. The first kappa shape index (κ1) is 21.4. The molecule has 0 radical (unpaired) electrons. The molecule has 2 aliphatic heterocycles. The van der Waals surface area contributed by atoms with Gasteiger partial charge in [0, 0.05) is 56.3 Å². The molecule has 0 aliphatic carbocycles. The lowest BCUT2D eigenvalue weighted by Gasteiger charge is -2.35. The quantitative estimate of drug-likeness (QED) is 0.588. The number of benzene rings is 1. The summed E-state index contributed by atoms with van der Waals surface area (Å²) in [4.78, 5) is 30.1. The second kappa shape index (κ2) is 9.19. The van der Waals surface area contributed by atoms with Crippen molar-refractivity contribution in [3.8, 4) is 17.1 Å². The van der Waals surface area contributed by atoms with Gasteiger partial charge in [0.1, 0.15) is 18.2 Å². The van der Waals surface area contributed by atoms with Gasteiger partial charge in [-0.1, -0.05) is 6.07 Å². The Hall–Kier alpha value is -3.46. The average Bonchev–Trinajstić information content (AvgIpc) is 3.41. The van der Waals surface area contributed by atoms with Crippen LogP contribution in [0.2, 0.25) is 0 Å². The van der Waals surface area contributed by atoms with Crippen molar-refractivity contribution in [2.24, 2.45) is 7.05 Å². The van der Waals surface area contributed by atoms with Crippen molar-refractivity contribution in [1.82, 2.24) is 19.5 Å². The standard InChI is InChI=1S/C24H28N6O3/c1-28-23(31)14-20(19-7-8-25-16-26-19)27-24(28)30-11-12-33-22(15-30)18-6-5-17(13-21(18)32-2)29-9-3-4-10-29/h5-8,13-14,16,22H,3-4,9-12,15H2,1-2H3. The van der Waals surface area contributed by atoms with E-state index < -0.39 is 0 Å². The minimum Gasteiger partial charge on any atom is -0.496 e. The van der Waals surface area contributed by atoms with Crippen molar-refractivity contribution in [3.05, 3.63) is 58.8 Å². The van der Waals surface area contributed by atoms with Gasteiger partial charge in [0.2, 0.25) is 5.95 Å². The van der Waals surface area contributed by atoms with Gasteiger partial charge in [-0.25, -0.2) is 15.0 Å². The molecule has 0 spiro atoms. The minimum atomic E-state index is -0.194. The van der Waals surface area contributed by atoms with Gasteiger partial charge in [0.05, 0.1) is 31.6 Å². The van der Waals surface area contributed by atoms with E-state index in [1.54, 1.807) is 31.0 Å². The molecule has 9 nitrogen and oxygen atoms in total. The van der Waals surface area contributed by atoms with Crippen LogP contribution in [0, 0.1) is 0 Å². The molecule has 1 atom stereocenters. The molecule has 0 amide bonds. The summed E-state index contributed by atoms with van der Waals surface area (Å²) >= 11 is 0. The number of hydrogen-bond acceptors (Lipinski definition) is 8. The molecule has 2 saturated heterocycles. The van der Waals surface area contributed by atoms with E-state index in [1.165, 1.54) is 30.9 Å². The molecule has 2 aromatic heterocycles. The normalized spacial score (nSPS) is 18.5. The summed E-state index contributed by atoms with van der Waals surface area (Å²) in [6.45, 7) is 3.89. The summed E-state index contributed by atoms with van der Waals surface area (Å²) in [5.41, 5.74) is 3.20. The van der Waals surface area contributed by atoms with Gasteiger partial charge in [0.15, 0.2) is 0 Å². The summed E-state index contributed by atoms with van der Waals surface area (Å²) in [7, 11) is 3.44. The lowest BCUT2D eigenvalue weighted by molar-refractivity contribution is 0.0374. The molecule has 5 rings (SSSR count). The smallest absolute Gasteiger partial charge is 0.255 e. The first-order chi connectivity index (χ1) is 16.1. The Morgan fingerprint density at radius 1 is 1.06 bits per heavy atom. The van der Waals surface area contributed by atoms with Crippen molar-refractivity contribution >= 4 is 11.6 Å². The summed E-state index contributed by atoms with van der Waals surface area (Å²) < 4.78 is 13.5. The van der Waals surface area contributed by atoms with Crippen LogP contribution in [-0.4, -0.2) is 59.4 Å². The van der Waals surface area contributed by atoms with Crippen molar-refractivity contribution in [2.45, 2.75) is 18.9 Å². The topological polar surface area (TPSA) is 85.6 Å². The van der Waals surface area contributed by atoms with Crippen LogP contribution in [0.4, 0.5) is 11.6 Å². The Morgan fingerprint density at radius 3 is 2.67 bits per heavy atom. The van der Waals surface area contributed by atoms with Crippen LogP contribution in [0.3, 0.4) is 0 Å². The summed E-state index contributed by atoms with van der Waals surface area (Å²) in [5.74, 6) is 1.42. The summed E-state index contributed by atoms with van der Waals surface area (Å²) in [6.07, 6.45) is 5.36. The Labute approximate surface area is 192 Å². The Morgan fingerprint density at radius 2 is 1.91 bits per heavy atom. The molecule has 2 fully saturated rings. The molecule has 2 aliphatic rings. The number of anilines is 2. The maximum Gasteiger partial charge on any atom is 0.255 e. The summed E-state index contributed by atoms with van der Waals surface area (Å²) in [6, 6.07) is 9.61. The molecular weight excluding hydrogens is 420 g/mol. The molecule has 0 N–H and O–H groups in total. The molecule has 3 aromatic rings. The zero-order valence-corrected chi connectivity index (χ0v) is 19.0. The monoisotopic (exact) mass is 448 g/mol. The van der Waals surface area contributed by atoms with E-state index in [1.807, 2.05) is 0 Å². The van der Waals surface area contributed by atoms with E-state index in [0.717, 1.165) is 24.4 Å². The zero-order chi connectivity index (χ0) is 22.8. The average molecular weight is 449 g/mol. The van der Waals surface area contributed by atoms with E-state index in [0.29, 0.717) is 37.0 Å². The second-order valence-corrected chi connectivity index (χ2v) is 8.36. The fourth-order valence-corrected chi connectivity index (χ4v) is 4.54. The lowest BCUT2D eigenvalue weighted by Crippen LogP contribution is -2.41. The molecule has 4 heterocycles. The fourth-order valence-electron chi connectivity index (χ4n) is 4.54. The highest BCUT2D eigenvalue weighted by Crippen LogP contribution is 2.35. The second-order valence-electron chi connectivity index (χ2n) is 8.36. The lowest BCUT2D eigenvalue weighted by atomic mass is 10.1. The van der Waals surface area contributed by atoms with Crippen molar-refractivity contribution < 1.29 is 9.47 Å². The molecule has 1 unspecified atom stereocenters. The number of nitrogens with zero attached hydrogens (tertiary/aromatic N) is 6. The van der Waals surface area contributed by atoms with Gasteiger partial charge in [-0.05, 0) is 25.0 Å². The highest BCUT2D eigenvalue weighted by atomic mass is 16.5. The van der Waals surface area contributed by atoms with Crippen molar-refractivity contribution in [3.63, 3.8) is 0 Å². The Balaban J connectivity index is 1.44. The van der Waals surface area contributed by atoms with Crippen LogP contribution < -0.4 is 20.1 Å². The van der Waals surface area contributed by atoms with Gasteiger partial charge in [-0.2, -0.15) is 0 Å². The number of rotatable bonds is 5. The highest BCUT2D eigenvalue weighted by Gasteiger charge is 2.28. The maximum atomic E-state index is 12.7. The van der Waals surface area contributed by atoms with Crippen LogP contribution in [0.5, 0.6) is 5.75 Å². The van der Waals surface area contributed by atoms with Gasteiger partial charge in [-0.3, -0.25) is 9.36 Å². The van der Waals surface area contributed by atoms with Crippen LogP contribution in [0.25, 0.3) is 11.4 Å². The van der Waals surface area contributed by atoms with Crippen LogP contribution in [-0.2, 0) is 11.8 Å². The predicted octanol–water partition coefficient (Wildman–Crippen LogP) is 2.42. The van der Waals surface area contributed by atoms with Crippen molar-refractivity contribution in [2.75, 3.05) is 49.7 Å². The van der Waals surface area contributed by atoms with Crippen molar-refractivity contribution in [1.29, 1.82) is 0 Å². The van der Waals surface area contributed by atoms with Crippen LogP contribution in [0.1, 0.15) is 24.5 Å². The molecule has 0 bridgehead atoms. The zero-order valence-electron chi connectivity index (χ0n) is 19.0. The molecule has 172 valence electrons. The number of ether oxygens (including phenoxy) is 2. The first-order valence-corrected chi connectivity index (χ1v) is 11.3. The van der Waals surface area contributed by atoms with Gasteiger partial charge in [0.25, 0.3) is 5.56 Å². The molecule has 9 heteroatoms. The minimum absolute atomic E-state index is 0.135. The largest absolute Gasteiger partial charge is 0.496 e. The maximum absolute atomic E-state index is 12.7. The number of aromatic nitrogens is 4. The van der Waals surface area contributed by atoms with Crippen LogP contribution >= 0.6 is 0 Å². The number of morpholine rings is 1. The number of methoxy groups -OCH3 is 1. The van der Waals surface area contributed by atoms with E-state index >= 15 is 0 Å². The van der Waals surface area contributed by atoms with E-state index in [-0.39, 0.29) is 11.7 Å². The van der Waals surface area contributed by atoms with E-state index in [9.17, 15) is 4.79 Å². The molecule has 0 saturated carbocycles. The Bertz CT molecular complexity index is 1180. The SMILES string of the molecule is COc1cc(N2CCCC2)ccc1C1CN(c2nc(-c3ccncn3)cc(=O)n2C)CCO1. The predicted molar refractivity (Wildman–Crippen MR) is 126 cm³/mol. The third-order valence-electron chi connectivity index (χ3n) is 6.34. The molecular formula is C24H28N6O3. The Kier molecular flexibility index (Phi) is 5.95. The molecule has 1 aromatic carbocycles. The third-order valence-corrected chi connectivity index (χ3v) is 6.34. The number of hydrogen-bond donors (Lipinski definition) is 0. The van der Waals surface area contributed by atoms with Gasteiger partial charge >= 0.3 is 0 Å². The van der Waals surface area contributed by atoms with Crippen LogP contribution in [0.15, 0.2) is 47.7 Å². The van der Waals surface area contributed by atoms with Gasteiger partial charge < -0.3 is 19.3 Å². The summed E-state index contributed by atoms with van der Waals surface area (Å²) in [5, 5.41) is 0. The van der Waals surface area contributed by atoms with E-state index in [4.69, 9.17) is 14.5 Å². The van der Waals surface area contributed by atoms with E-state index in [2.05, 4.69) is 38.0 Å². The fraction of sp³-hybridized carbons (Fsp3) is 0.417. The first-order valence-electron chi connectivity index (χ1n) is 11.3.